The van der Waals surface area contributed by atoms with Crippen LogP contribution >= 0.6 is 7.92 Å². The summed E-state index contributed by atoms with van der Waals surface area (Å²) in [7, 11) is -0.407. The van der Waals surface area contributed by atoms with Gasteiger partial charge in [-0.3, -0.25) is 0 Å². The largest absolute Gasteiger partial charge is 0.497 e. The summed E-state index contributed by atoms with van der Waals surface area (Å²) in [6.45, 7) is 5.98. The number of nitrogens with one attached hydrogen (secondary N) is 1. The highest BCUT2D eigenvalue weighted by molar-refractivity contribution is 7.84. The van der Waals surface area contributed by atoms with Crippen molar-refractivity contribution in [3.8, 4) is 5.75 Å². The van der Waals surface area contributed by atoms with E-state index in [2.05, 4.69) is 102 Å². The van der Waals surface area contributed by atoms with E-state index in [1.54, 1.807) is 7.11 Å². The molecule has 3 nitrogen and oxygen atoms in total. The highest BCUT2D eigenvalue weighted by Crippen LogP contribution is 2.37. The van der Waals surface area contributed by atoms with E-state index in [0.717, 1.165) is 16.9 Å². The molecule has 0 heterocycles. The SMILES string of the molecule is COc1ccc([C@@H](NS(=O)C(C)(C)C)c2ccccc2P(c2ccccc2)c2ccccc2)cc1. The molecular formula is C30H32NO2PS. The van der Waals surface area contributed by atoms with Gasteiger partial charge < -0.3 is 4.74 Å². The maximum absolute atomic E-state index is 13.3. The minimum atomic E-state index is -1.26. The second-order valence-electron chi connectivity index (χ2n) is 9.27. The molecule has 5 heteroatoms. The molecule has 2 atom stereocenters. The Morgan fingerprint density at radius 1 is 0.743 bits per heavy atom. The fourth-order valence-corrected chi connectivity index (χ4v) is 7.23. The van der Waals surface area contributed by atoms with Crippen molar-refractivity contribution >= 4 is 34.8 Å². The van der Waals surface area contributed by atoms with Gasteiger partial charge in [0.2, 0.25) is 0 Å². The van der Waals surface area contributed by atoms with E-state index < -0.39 is 23.7 Å². The van der Waals surface area contributed by atoms with Gasteiger partial charge in [-0.05, 0) is 67.9 Å². The van der Waals surface area contributed by atoms with Gasteiger partial charge in [0.1, 0.15) is 5.75 Å². The second kappa shape index (κ2) is 11.3. The lowest BCUT2D eigenvalue weighted by atomic mass is 9.99. The molecule has 0 radical (unpaired) electrons. The predicted molar refractivity (Wildman–Crippen MR) is 151 cm³/mol. The summed E-state index contributed by atoms with van der Waals surface area (Å²) in [6.07, 6.45) is 0. The van der Waals surface area contributed by atoms with Crippen LogP contribution in [-0.4, -0.2) is 16.1 Å². The number of benzene rings is 4. The Kier molecular flexibility index (Phi) is 8.18. The third-order valence-electron chi connectivity index (χ3n) is 5.75. The molecular weight excluding hydrogens is 469 g/mol. The first-order chi connectivity index (χ1) is 16.9. The van der Waals surface area contributed by atoms with E-state index in [1.165, 1.54) is 15.9 Å². The van der Waals surface area contributed by atoms with Gasteiger partial charge in [0.25, 0.3) is 0 Å². The summed E-state index contributed by atoms with van der Waals surface area (Å²) >= 11 is 0. The van der Waals surface area contributed by atoms with Gasteiger partial charge in [-0.2, -0.15) is 0 Å². The van der Waals surface area contributed by atoms with Crippen molar-refractivity contribution in [3.63, 3.8) is 0 Å². The minimum Gasteiger partial charge on any atom is -0.497 e. The first-order valence-electron chi connectivity index (χ1n) is 11.7. The van der Waals surface area contributed by atoms with Gasteiger partial charge in [-0.15, -0.1) is 0 Å². The number of hydrogen-bond donors (Lipinski definition) is 1. The van der Waals surface area contributed by atoms with Crippen molar-refractivity contribution in [1.82, 2.24) is 4.72 Å². The van der Waals surface area contributed by atoms with Crippen LogP contribution in [0.2, 0.25) is 0 Å². The molecule has 1 N–H and O–H groups in total. The third kappa shape index (κ3) is 6.08. The van der Waals surface area contributed by atoms with E-state index >= 15 is 0 Å². The molecule has 0 bridgehead atoms. The zero-order chi connectivity index (χ0) is 24.8. The van der Waals surface area contributed by atoms with E-state index in [1.807, 2.05) is 32.9 Å². The van der Waals surface area contributed by atoms with Crippen molar-refractivity contribution in [2.75, 3.05) is 7.11 Å². The molecule has 0 saturated carbocycles. The van der Waals surface area contributed by atoms with Crippen LogP contribution in [0.5, 0.6) is 5.75 Å². The predicted octanol–water partition coefficient (Wildman–Crippen LogP) is 5.59. The molecule has 0 saturated heterocycles. The van der Waals surface area contributed by atoms with Crippen LogP contribution in [0.25, 0.3) is 0 Å². The standard InChI is InChI=1S/C30H32NO2PS/c1-30(2,3)35(32)31-29(23-19-21-24(33-4)22-20-23)27-17-11-12-18-28(27)34(25-13-7-5-8-14-25)26-15-9-6-10-16-26/h5-22,29,31H,1-4H3/t29-,35?/m1/s1. The molecule has 35 heavy (non-hydrogen) atoms. The lowest BCUT2D eigenvalue weighted by Crippen LogP contribution is -2.38. The Hall–Kier alpha value is -2.78. The minimum absolute atomic E-state index is 0.241. The molecule has 4 aromatic carbocycles. The Labute approximate surface area is 212 Å². The summed E-state index contributed by atoms with van der Waals surface area (Å²) in [4.78, 5) is 0. The van der Waals surface area contributed by atoms with Crippen molar-refractivity contribution in [1.29, 1.82) is 0 Å². The lowest BCUT2D eigenvalue weighted by molar-refractivity contribution is 0.414. The van der Waals surface area contributed by atoms with E-state index in [4.69, 9.17) is 4.74 Å². The van der Waals surface area contributed by atoms with E-state index in [0.29, 0.717) is 0 Å². The van der Waals surface area contributed by atoms with Gasteiger partial charge >= 0.3 is 0 Å². The van der Waals surface area contributed by atoms with Crippen molar-refractivity contribution in [2.24, 2.45) is 0 Å². The maximum atomic E-state index is 13.3. The molecule has 0 aliphatic heterocycles. The molecule has 0 spiro atoms. The Balaban J connectivity index is 1.89. The third-order valence-corrected chi connectivity index (χ3v) is 9.83. The summed E-state index contributed by atoms with van der Waals surface area (Å²) < 4.78 is 21.8. The van der Waals surface area contributed by atoms with Gasteiger partial charge in [-0.1, -0.05) is 97.1 Å². The molecule has 0 aliphatic carbocycles. The quantitative estimate of drug-likeness (QED) is 0.320. The zero-order valence-electron chi connectivity index (χ0n) is 20.6. The normalized spacial score (nSPS) is 13.4. The first-order valence-corrected chi connectivity index (χ1v) is 14.2. The number of hydrogen-bond acceptors (Lipinski definition) is 2. The van der Waals surface area contributed by atoms with Crippen LogP contribution in [0.4, 0.5) is 0 Å². The molecule has 1 unspecified atom stereocenters. The Morgan fingerprint density at radius 2 is 1.26 bits per heavy atom. The average molecular weight is 502 g/mol. The molecule has 180 valence electrons. The fourth-order valence-electron chi connectivity index (χ4n) is 3.91. The van der Waals surface area contributed by atoms with Crippen LogP contribution in [0.3, 0.4) is 0 Å². The topological polar surface area (TPSA) is 38.3 Å². The monoisotopic (exact) mass is 501 g/mol. The second-order valence-corrected chi connectivity index (χ2v) is 13.5. The summed E-state index contributed by atoms with van der Waals surface area (Å²) in [5, 5.41) is 3.82. The summed E-state index contributed by atoms with van der Waals surface area (Å²) in [5.74, 6) is 0.800. The molecule has 0 amide bonds. The number of methoxy groups -OCH3 is 1. The van der Waals surface area contributed by atoms with E-state index in [-0.39, 0.29) is 6.04 Å². The van der Waals surface area contributed by atoms with Gasteiger partial charge in [0, 0.05) is 0 Å². The van der Waals surface area contributed by atoms with Crippen molar-refractivity contribution < 1.29 is 8.95 Å². The molecule has 0 aliphatic rings. The fraction of sp³-hybridized carbons (Fsp3) is 0.200. The average Bonchev–Trinajstić information content (AvgIpc) is 2.88. The van der Waals surface area contributed by atoms with Crippen molar-refractivity contribution in [3.05, 3.63) is 120 Å². The summed E-state index contributed by atoms with van der Waals surface area (Å²) in [5.41, 5.74) is 2.18. The highest BCUT2D eigenvalue weighted by Gasteiger charge is 2.28. The molecule has 0 aromatic heterocycles. The van der Waals surface area contributed by atoms with Crippen molar-refractivity contribution in [2.45, 2.75) is 31.6 Å². The van der Waals surface area contributed by atoms with Crippen LogP contribution in [0, 0.1) is 0 Å². The number of rotatable bonds is 8. The Bertz CT molecular complexity index is 1220. The van der Waals surface area contributed by atoms with Crippen LogP contribution in [0.1, 0.15) is 37.9 Å². The zero-order valence-corrected chi connectivity index (χ0v) is 22.4. The smallest absolute Gasteiger partial charge is 0.118 e. The maximum Gasteiger partial charge on any atom is 0.118 e. The van der Waals surface area contributed by atoms with Gasteiger partial charge in [-0.25, -0.2) is 8.93 Å². The molecule has 4 aromatic rings. The van der Waals surface area contributed by atoms with Gasteiger partial charge in [0.15, 0.2) is 0 Å². The Morgan fingerprint density at radius 3 is 1.77 bits per heavy atom. The van der Waals surface area contributed by atoms with Crippen LogP contribution < -0.4 is 25.4 Å². The number of ether oxygens (including phenoxy) is 1. The van der Waals surface area contributed by atoms with Gasteiger partial charge in [0.05, 0.1) is 28.9 Å². The molecule has 0 fully saturated rings. The van der Waals surface area contributed by atoms with E-state index in [9.17, 15) is 4.21 Å². The summed E-state index contributed by atoms with van der Waals surface area (Å²) in [6, 6.07) is 37.7. The van der Waals surface area contributed by atoms with Crippen LogP contribution in [-0.2, 0) is 11.0 Å². The first kappa shape index (κ1) is 25.3. The highest BCUT2D eigenvalue weighted by atomic mass is 32.2. The molecule has 4 rings (SSSR count). The van der Waals surface area contributed by atoms with Crippen LogP contribution in [0.15, 0.2) is 109 Å². The lowest BCUT2D eigenvalue weighted by Gasteiger charge is -2.29.